The van der Waals surface area contributed by atoms with Crippen molar-refractivity contribution in [3.63, 3.8) is 0 Å². The summed E-state index contributed by atoms with van der Waals surface area (Å²) in [5.41, 5.74) is 6.03. The number of aryl methyl sites for hydroxylation is 1. The lowest BCUT2D eigenvalue weighted by Crippen LogP contribution is -2.51. The van der Waals surface area contributed by atoms with E-state index in [1.807, 2.05) is 0 Å². The zero-order valence-corrected chi connectivity index (χ0v) is 18.1. The zero-order valence-electron chi connectivity index (χ0n) is 18.1. The number of halogens is 4. The molecular formula is C23H21F4N3O4. The van der Waals surface area contributed by atoms with Crippen LogP contribution in [-0.2, 0) is 32.9 Å². The number of nitrogens with two attached hydrogens (primary N) is 1. The number of rotatable bonds is 5. The molecule has 0 aromatic heterocycles. The van der Waals surface area contributed by atoms with E-state index in [1.54, 1.807) is 18.2 Å². The van der Waals surface area contributed by atoms with Gasteiger partial charge in [0.15, 0.2) is 0 Å². The van der Waals surface area contributed by atoms with E-state index < -0.39 is 54.6 Å². The van der Waals surface area contributed by atoms with Gasteiger partial charge in [-0.25, -0.2) is 14.1 Å². The van der Waals surface area contributed by atoms with E-state index in [0.29, 0.717) is 27.5 Å². The second-order valence-electron chi connectivity index (χ2n) is 8.37. The molecule has 7 nitrogen and oxygen atoms in total. The van der Waals surface area contributed by atoms with Gasteiger partial charge in [0, 0.05) is 24.2 Å². The van der Waals surface area contributed by atoms with Crippen molar-refractivity contribution in [1.82, 2.24) is 9.80 Å². The fourth-order valence-electron chi connectivity index (χ4n) is 4.30. The van der Waals surface area contributed by atoms with Gasteiger partial charge in [-0.1, -0.05) is 18.2 Å². The summed E-state index contributed by atoms with van der Waals surface area (Å²) >= 11 is 0. The van der Waals surface area contributed by atoms with Gasteiger partial charge in [-0.2, -0.15) is 13.2 Å². The highest BCUT2D eigenvalue weighted by Gasteiger charge is 2.58. The average molecular weight is 479 g/mol. The molecule has 3 amide bonds. The lowest BCUT2D eigenvalue weighted by atomic mass is 9.94. The third-order valence-corrected chi connectivity index (χ3v) is 6.20. The largest absolute Gasteiger partial charge is 0.427 e. The number of carbonyl (C=O) groups is 3. The van der Waals surface area contributed by atoms with Crippen molar-refractivity contribution in [2.24, 2.45) is 0 Å². The quantitative estimate of drug-likeness (QED) is 0.524. The summed E-state index contributed by atoms with van der Waals surface area (Å²) in [6.07, 6.45) is -5.33. The molecule has 0 saturated carbocycles. The van der Waals surface area contributed by atoms with Gasteiger partial charge in [0.2, 0.25) is 11.5 Å². The van der Waals surface area contributed by atoms with Crippen molar-refractivity contribution in [2.75, 3.05) is 12.3 Å². The number of imide groups is 1. The maximum absolute atomic E-state index is 13.5. The number of nitrogens with zero attached hydrogens (tertiary/aromatic N) is 2. The van der Waals surface area contributed by atoms with Crippen LogP contribution in [0.5, 0.6) is 0 Å². The molecule has 1 aliphatic carbocycles. The molecule has 1 unspecified atom stereocenters. The Hall–Kier alpha value is -3.63. The molecule has 2 aliphatic rings. The number of hydrogen-bond donors (Lipinski definition) is 1. The van der Waals surface area contributed by atoms with Crippen molar-refractivity contribution in [3.8, 4) is 0 Å². The minimum Gasteiger partial charge on any atom is -0.427 e. The highest BCUT2D eigenvalue weighted by molar-refractivity contribution is 6.06. The van der Waals surface area contributed by atoms with Gasteiger partial charge in [-0.3, -0.25) is 9.59 Å². The van der Waals surface area contributed by atoms with E-state index in [9.17, 15) is 31.9 Å². The minimum absolute atomic E-state index is 0.138. The summed E-state index contributed by atoms with van der Waals surface area (Å²) in [5, 5.41) is 0. The molecule has 34 heavy (non-hydrogen) atoms. The molecule has 1 spiro atoms. The van der Waals surface area contributed by atoms with Gasteiger partial charge in [-0.05, 0) is 48.7 Å². The van der Waals surface area contributed by atoms with Crippen LogP contribution in [0.3, 0.4) is 0 Å². The first-order valence-corrected chi connectivity index (χ1v) is 10.5. The highest BCUT2D eigenvalue weighted by Crippen LogP contribution is 2.45. The zero-order chi connectivity index (χ0) is 24.8. The van der Waals surface area contributed by atoms with Crippen molar-refractivity contribution in [2.45, 2.75) is 44.1 Å². The van der Waals surface area contributed by atoms with Crippen LogP contribution < -0.4 is 5.73 Å². The molecule has 180 valence electrons. The maximum atomic E-state index is 13.5. The number of hydrogen-bond acceptors (Lipinski definition) is 5. The molecular weight excluding hydrogens is 458 g/mol. The number of carbonyl (C=O) groups excluding carboxylic acids is 3. The van der Waals surface area contributed by atoms with Crippen LogP contribution in [-0.4, -0.2) is 46.5 Å². The summed E-state index contributed by atoms with van der Waals surface area (Å²) in [4.78, 5) is 39.8. The van der Waals surface area contributed by atoms with Crippen molar-refractivity contribution in [1.29, 1.82) is 0 Å². The van der Waals surface area contributed by atoms with Gasteiger partial charge in [0.1, 0.15) is 18.4 Å². The third-order valence-electron chi connectivity index (χ3n) is 6.20. The Balaban J connectivity index is 1.58. The molecule has 1 saturated heterocycles. The van der Waals surface area contributed by atoms with Crippen molar-refractivity contribution in [3.05, 3.63) is 65.0 Å². The smallest absolute Gasteiger partial charge is 0.418 e. The Morgan fingerprint density at radius 1 is 1.21 bits per heavy atom. The third kappa shape index (κ3) is 4.06. The molecule has 4 rings (SSSR count). The van der Waals surface area contributed by atoms with E-state index in [1.165, 1.54) is 12.1 Å². The van der Waals surface area contributed by atoms with E-state index in [4.69, 9.17) is 10.5 Å². The fraction of sp³-hybridized carbons (Fsp3) is 0.348. The van der Waals surface area contributed by atoms with Crippen molar-refractivity contribution >= 4 is 23.6 Å². The molecule has 1 aliphatic heterocycles. The molecule has 0 bridgehead atoms. The van der Waals surface area contributed by atoms with Gasteiger partial charge < -0.3 is 15.4 Å². The molecule has 1 heterocycles. The lowest BCUT2D eigenvalue weighted by molar-refractivity contribution is -0.187. The molecule has 1 fully saturated rings. The van der Waals surface area contributed by atoms with Crippen LogP contribution in [0.15, 0.2) is 42.5 Å². The minimum atomic E-state index is -4.77. The number of benzene rings is 2. The number of ether oxygens (including phenoxy) is 1. The first kappa shape index (κ1) is 23.5. The second-order valence-corrected chi connectivity index (χ2v) is 8.37. The predicted molar refractivity (Wildman–Crippen MR) is 112 cm³/mol. The summed E-state index contributed by atoms with van der Waals surface area (Å²) in [6, 6.07) is 7.19. The summed E-state index contributed by atoms with van der Waals surface area (Å²) < 4.78 is 59.1. The topological polar surface area (TPSA) is 92.9 Å². The maximum Gasteiger partial charge on any atom is 0.418 e. The van der Waals surface area contributed by atoms with Crippen LogP contribution in [0.25, 0.3) is 0 Å². The monoisotopic (exact) mass is 479 g/mol. The number of alkyl halides is 3. The summed E-state index contributed by atoms with van der Waals surface area (Å²) in [7, 11) is 0. The molecule has 11 heteroatoms. The normalized spacial score (nSPS) is 20.4. The lowest BCUT2D eigenvalue weighted by Gasteiger charge is -2.31. The molecule has 2 aromatic rings. The molecule has 2 N–H and O–H groups in total. The van der Waals surface area contributed by atoms with E-state index in [2.05, 4.69) is 0 Å². The SMILES string of the molecule is CC(N(Cc1ccc(F)cc1)C(=O)CN1C(=O)O[C@@]2(CCc3cc(N)ccc32)C1=O)C(F)(F)F. The molecule has 0 radical (unpaired) electrons. The van der Waals surface area contributed by atoms with Gasteiger partial charge in [0.25, 0.3) is 5.91 Å². The van der Waals surface area contributed by atoms with E-state index in [-0.39, 0.29) is 12.0 Å². The van der Waals surface area contributed by atoms with Gasteiger partial charge >= 0.3 is 12.3 Å². The average Bonchev–Trinajstić information content (AvgIpc) is 3.24. The highest BCUT2D eigenvalue weighted by atomic mass is 19.4. The van der Waals surface area contributed by atoms with Crippen LogP contribution in [0, 0.1) is 5.82 Å². The second kappa shape index (κ2) is 8.30. The Bertz CT molecular complexity index is 1150. The number of amides is 3. The van der Waals surface area contributed by atoms with Crippen LogP contribution in [0.4, 0.5) is 28.0 Å². The number of fused-ring (bicyclic) bond motifs is 2. The standard InChI is InChI=1S/C23H21F4N3O4/c1-13(23(25,26)27)29(11-14-2-4-16(24)5-3-14)19(31)12-30-20(32)22(34-21(30)33)9-8-15-10-17(28)6-7-18(15)22/h2-7,10,13H,8-9,11-12,28H2,1H3/t13?,22-/m1/s1. The fourth-order valence-corrected chi connectivity index (χ4v) is 4.30. The predicted octanol–water partition coefficient (Wildman–Crippen LogP) is 3.51. The van der Waals surface area contributed by atoms with E-state index >= 15 is 0 Å². The Morgan fingerprint density at radius 2 is 1.88 bits per heavy atom. The van der Waals surface area contributed by atoms with Gasteiger partial charge in [0.05, 0.1) is 0 Å². The van der Waals surface area contributed by atoms with Crippen LogP contribution >= 0.6 is 0 Å². The number of anilines is 1. The Morgan fingerprint density at radius 3 is 2.53 bits per heavy atom. The summed E-state index contributed by atoms with van der Waals surface area (Å²) in [6.45, 7) is -0.625. The summed E-state index contributed by atoms with van der Waals surface area (Å²) in [5.74, 6) is -2.50. The van der Waals surface area contributed by atoms with Crippen LogP contribution in [0.2, 0.25) is 0 Å². The first-order chi connectivity index (χ1) is 15.9. The first-order valence-electron chi connectivity index (χ1n) is 10.5. The van der Waals surface area contributed by atoms with Crippen molar-refractivity contribution < 1.29 is 36.7 Å². The van der Waals surface area contributed by atoms with Gasteiger partial charge in [-0.15, -0.1) is 0 Å². The molecule has 2 aromatic carbocycles. The Kier molecular flexibility index (Phi) is 5.74. The number of nitrogen functional groups attached to an aromatic ring is 1. The van der Waals surface area contributed by atoms with Crippen LogP contribution in [0.1, 0.15) is 30.0 Å². The molecule has 2 atom stereocenters. The Labute approximate surface area is 192 Å². The van der Waals surface area contributed by atoms with E-state index in [0.717, 1.165) is 24.6 Å².